The Morgan fingerprint density at radius 1 is 1.33 bits per heavy atom. The number of hydrogen-bond donors (Lipinski definition) is 0. The molecule has 0 aliphatic heterocycles. The van der Waals surface area contributed by atoms with Gasteiger partial charge >= 0.3 is 0 Å². The van der Waals surface area contributed by atoms with Gasteiger partial charge in [-0.3, -0.25) is 4.79 Å². The van der Waals surface area contributed by atoms with E-state index in [2.05, 4.69) is 15.9 Å². The Bertz CT molecular complexity index is 491. The first-order valence-corrected chi connectivity index (χ1v) is 6.93. The first-order valence-electron chi connectivity index (χ1n) is 4.44. The van der Waals surface area contributed by atoms with Crippen LogP contribution in [-0.4, -0.2) is 5.78 Å². The van der Waals surface area contributed by atoms with Gasteiger partial charge in [0, 0.05) is 0 Å². The van der Waals surface area contributed by atoms with Crippen LogP contribution in [0.2, 0.25) is 0 Å². The molecule has 0 saturated heterocycles. The predicted molar refractivity (Wildman–Crippen MR) is 69.2 cm³/mol. The zero-order valence-electron chi connectivity index (χ0n) is 8.33. The lowest BCUT2D eigenvalue weighted by Gasteiger charge is -1.94. The van der Waals surface area contributed by atoms with Gasteiger partial charge in [0.2, 0.25) is 5.78 Å². The van der Waals surface area contributed by atoms with Gasteiger partial charge in [0.15, 0.2) is 0 Å². The smallest absolute Gasteiger partial charge is 0.213 e. The van der Waals surface area contributed by atoms with Crippen molar-refractivity contribution in [2.45, 2.75) is 13.8 Å². The Labute approximate surface area is 105 Å². The van der Waals surface area contributed by atoms with Crippen molar-refractivity contribution in [3.63, 3.8) is 0 Å². The van der Waals surface area contributed by atoms with Crippen molar-refractivity contribution in [3.05, 3.63) is 42.2 Å². The number of halogens is 1. The van der Waals surface area contributed by atoms with Crippen molar-refractivity contribution < 1.29 is 4.79 Å². The fourth-order valence-electron chi connectivity index (χ4n) is 1.29. The zero-order valence-corrected chi connectivity index (χ0v) is 11.6. The third kappa shape index (κ3) is 2.07. The predicted octanol–water partition coefficient (Wildman–Crippen LogP) is 4.42. The highest BCUT2D eigenvalue weighted by Crippen LogP contribution is 2.30. The number of hydrogen-bond acceptors (Lipinski definition) is 3. The lowest BCUT2D eigenvalue weighted by molar-refractivity contribution is 0.104. The molecule has 2 rings (SSSR count). The maximum Gasteiger partial charge on any atom is 0.213 e. The summed E-state index contributed by atoms with van der Waals surface area (Å²) in [7, 11) is 0. The summed E-state index contributed by atoms with van der Waals surface area (Å²) in [5, 5.41) is 1.96. The van der Waals surface area contributed by atoms with Crippen molar-refractivity contribution in [1.82, 2.24) is 0 Å². The van der Waals surface area contributed by atoms with Crippen LogP contribution >= 0.6 is 38.6 Å². The van der Waals surface area contributed by atoms with E-state index in [4.69, 9.17) is 0 Å². The summed E-state index contributed by atoms with van der Waals surface area (Å²) in [5.74, 6) is 0.140. The zero-order chi connectivity index (χ0) is 11.0. The van der Waals surface area contributed by atoms with Gasteiger partial charge in [0.25, 0.3) is 0 Å². The lowest BCUT2D eigenvalue weighted by Crippen LogP contribution is -1.96. The molecular formula is C11H9BrOS2. The van der Waals surface area contributed by atoms with Crippen LogP contribution in [0.25, 0.3) is 0 Å². The number of rotatable bonds is 2. The second-order valence-corrected chi connectivity index (χ2v) is 6.62. The summed E-state index contributed by atoms with van der Waals surface area (Å²) in [6.45, 7) is 3.97. The molecule has 0 aromatic carbocycles. The molecule has 0 aliphatic rings. The number of carbonyl (C=O) groups is 1. The molecule has 0 radical (unpaired) electrons. The monoisotopic (exact) mass is 300 g/mol. The summed E-state index contributed by atoms with van der Waals surface area (Å²) in [5.41, 5.74) is 2.18. The van der Waals surface area contributed by atoms with Crippen LogP contribution < -0.4 is 0 Å². The second-order valence-electron chi connectivity index (χ2n) is 3.33. The fraction of sp³-hybridized carbons (Fsp3) is 0.182. The Morgan fingerprint density at radius 2 is 2.07 bits per heavy atom. The molecule has 4 heteroatoms. The summed E-state index contributed by atoms with van der Waals surface area (Å²) in [6.07, 6.45) is 0. The summed E-state index contributed by atoms with van der Waals surface area (Å²) in [6, 6.07) is 3.92. The van der Waals surface area contributed by atoms with Crippen molar-refractivity contribution in [2.24, 2.45) is 0 Å². The maximum absolute atomic E-state index is 12.1. The van der Waals surface area contributed by atoms with Gasteiger partial charge in [-0.05, 0) is 58.4 Å². The summed E-state index contributed by atoms with van der Waals surface area (Å²) < 4.78 is 1.04. The number of ketones is 1. The highest BCUT2D eigenvalue weighted by atomic mass is 79.9. The van der Waals surface area contributed by atoms with Crippen LogP contribution in [0, 0.1) is 13.8 Å². The van der Waals surface area contributed by atoms with Gasteiger partial charge in [-0.15, -0.1) is 22.7 Å². The van der Waals surface area contributed by atoms with Gasteiger partial charge < -0.3 is 0 Å². The van der Waals surface area contributed by atoms with Crippen molar-refractivity contribution >= 4 is 44.4 Å². The molecule has 2 heterocycles. The molecule has 0 aliphatic carbocycles. The molecule has 0 saturated carbocycles. The van der Waals surface area contributed by atoms with Crippen LogP contribution in [0.1, 0.15) is 25.7 Å². The van der Waals surface area contributed by atoms with E-state index in [1.54, 1.807) is 0 Å². The van der Waals surface area contributed by atoms with E-state index in [-0.39, 0.29) is 5.78 Å². The molecule has 0 unspecified atom stereocenters. The summed E-state index contributed by atoms with van der Waals surface area (Å²) in [4.78, 5) is 13.8. The molecule has 0 spiro atoms. The molecular weight excluding hydrogens is 292 g/mol. The molecule has 15 heavy (non-hydrogen) atoms. The van der Waals surface area contributed by atoms with Gasteiger partial charge in [0.1, 0.15) is 0 Å². The average Bonchev–Trinajstić information content (AvgIpc) is 2.74. The van der Waals surface area contributed by atoms with E-state index < -0.39 is 0 Å². The number of thiophene rings is 2. The molecule has 0 amide bonds. The van der Waals surface area contributed by atoms with Crippen molar-refractivity contribution in [2.75, 3.05) is 0 Å². The molecule has 2 aromatic heterocycles. The van der Waals surface area contributed by atoms with Crippen LogP contribution in [0.4, 0.5) is 0 Å². The molecule has 0 bridgehead atoms. The quantitative estimate of drug-likeness (QED) is 0.750. The van der Waals surface area contributed by atoms with Crippen molar-refractivity contribution in [1.29, 1.82) is 0 Å². The molecule has 2 aromatic rings. The minimum atomic E-state index is 0.140. The van der Waals surface area contributed by atoms with Crippen LogP contribution in [0.3, 0.4) is 0 Å². The first-order chi connectivity index (χ1) is 7.09. The van der Waals surface area contributed by atoms with Crippen LogP contribution in [-0.2, 0) is 0 Å². The van der Waals surface area contributed by atoms with Gasteiger partial charge in [0.05, 0.1) is 13.5 Å². The molecule has 0 atom stereocenters. The van der Waals surface area contributed by atoms with Crippen LogP contribution in [0.15, 0.2) is 21.3 Å². The lowest BCUT2D eigenvalue weighted by atomic mass is 10.2. The van der Waals surface area contributed by atoms with Gasteiger partial charge in [-0.2, -0.15) is 0 Å². The fourth-order valence-corrected chi connectivity index (χ4v) is 3.71. The second kappa shape index (κ2) is 4.20. The summed E-state index contributed by atoms with van der Waals surface area (Å²) >= 11 is 6.45. The third-order valence-corrected chi connectivity index (χ3v) is 5.30. The number of aryl methyl sites for hydroxylation is 2. The van der Waals surface area contributed by atoms with Crippen molar-refractivity contribution in [3.8, 4) is 0 Å². The Kier molecular flexibility index (Phi) is 3.09. The molecule has 0 fully saturated rings. The minimum Gasteiger partial charge on any atom is -0.287 e. The van der Waals surface area contributed by atoms with E-state index in [9.17, 15) is 4.79 Å². The highest BCUT2D eigenvalue weighted by Gasteiger charge is 2.16. The molecule has 1 nitrogen and oxygen atoms in total. The van der Waals surface area contributed by atoms with E-state index in [1.807, 2.05) is 31.4 Å². The topological polar surface area (TPSA) is 17.1 Å². The van der Waals surface area contributed by atoms with E-state index in [0.29, 0.717) is 0 Å². The van der Waals surface area contributed by atoms with E-state index >= 15 is 0 Å². The van der Waals surface area contributed by atoms with Gasteiger partial charge in [-0.1, -0.05) is 0 Å². The average molecular weight is 301 g/mol. The van der Waals surface area contributed by atoms with E-state index in [1.165, 1.54) is 22.7 Å². The van der Waals surface area contributed by atoms with Crippen LogP contribution in [0.5, 0.6) is 0 Å². The standard InChI is InChI=1S/C11H9BrOS2/c1-6-3-4-14-10(6)9(13)8-5-7(2)11(12)15-8/h3-5H,1-2H3. The Balaban J connectivity index is 2.41. The normalized spacial score (nSPS) is 10.6. The third-order valence-electron chi connectivity index (χ3n) is 2.15. The number of carbonyl (C=O) groups excluding carboxylic acids is 1. The highest BCUT2D eigenvalue weighted by molar-refractivity contribution is 9.11. The maximum atomic E-state index is 12.1. The molecule has 78 valence electrons. The minimum absolute atomic E-state index is 0.140. The van der Waals surface area contributed by atoms with Gasteiger partial charge in [-0.25, -0.2) is 0 Å². The molecule has 0 N–H and O–H groups in total. The SMILES string of the molecule is Cc1cc(C(=O)c2sccc2C)sc1Br. The largest absolute Gasteiger partial charge is 0.287 e. The first kappa shape index (κ1) is 11.0. The Hall–Kier alpha value is -0.450. The van der Waals surface area contributed by atoms with E-state index in [0.717, 1.165) is 24.7 Å². The Morgan fingerprint density at radius 3 is 2.53 bits per heavy atom.